The Morgan fingerprint density at radius 2 is 0.959 bits per heavy atom. The number of benzene rings is 4. The van der Waals surface area contributed by atoms with Crippen LogP contribution in [0.4, 0.5) is 26.3 Å². The first-order valence-electron chi connectivity index (χ1n) is 15.4. The summed E-state index contributed by atoms with van der Waals surface area (Å²) < 4.78 is 120. The van der Waals surface area contributed by atoms with E-state index in [4.69, 9.17) is 18.9 Å². The number of allylic oxidation sites excluding steroid dienone is 2. The molecule has 12 heteroatoms. The molecule has 4 nitrogen and oxygen atoms in total. The lowest BCUT2D eigenvalue weighted by molar-refractivity contribution is -0.254. The van der Waals surface area contributed by atoms with Crippen molar-refractivity contribution in [2.75, 3.05) is 27.8 Å². The third kappa shape index (κ3) is 5.02. The molecule has 2 heterocycles. The van der Waals surface area contributed by atoms with E-state index in [9.17, 15) is 0 Å². The average Bonchev–Trinajstić information content (AvgIpc) is 3.69. The molecule has 0 amide bonds. The molecule has 0 fully saturated rings. The van der Waals surface area contributed by atoms with E-state index >= 15 is 26.3 Å². The molecule has 1 aliphatic carbocycles. The molecule has 0 radical (unpaired) electrons. The molecule has 1 aliphatic rings. The van der Waals surface area contributed by atoms with Gasteiger partial charge < -0.3 is 18.9 Å². The van der Waals surface area contributed by atoms with Crippen molar-refractivity contribution in [1.29, 1.82) is 0 Å². The number of ether oxygens (including phenoxy) is 4. The molecule has 2 aromatic heterocycles. The molecule has 0 saturated carbocycles. The van der Waals surface area contributed by atoms with Gasteiger partial charge in [0, 0.05) is 55.3 Å². The number of halogens is 6. The van der Waals surface area contributed by atoms with E-state index in [2.05, 4.69) is 0 Å². The van der Waals surface area contributed by atoms with E-state index in [1.165, 1.54) is 14.2 Å². The van der Waals surface area contributed by atoms with Crippen LogP contribution in [-0.2, 0) is 18.9 Å². The van der Waals surface area contributed by atoms with E-state index in [0.717, 1.165) is 33.4 Å². The minimum atomic E-state index is -5.76. The van der Waals surface area contributed by atoms with Crippen LogP contribution in [0.25, 0.3) is 52.9 Å². The lowest BCUT2D eigenvalue weighted by Crippen LogP contribution is -2.48. The Kier molecular flexibility index (Phi) is 8.56. The topological polar surface area (TPSA) is 36.9 Å². The van der Waals surface area contributed by atoms with Crippen molar-refractivity contribution in [2.45, 2.75) is 43.8 Å². The van der Waals surface area contributed by atoms with Gasteiger partial charge in [0.25, 0.3) is 0 Å². The number of rotatable bonds is 10. The quantitative estimate of drug-likeness (QED) is 0.104. The fourth-order valence-electron chi connectivity index (χ4n) is 6.78. The van der Waals surface area contributed by atoms with Crippen LogP contribution in [-0.4, -0.2) is 45.6 Å². The van der Waals surface area contributed by atoms with Gasteiger partial charge in [-0.2, -0.15) is 26.3 Å². The monoisotopic (exact) mass is 716 g/mol. The maximum absolute atomic E-state index is 16.5. The third-order valence-corrected chi connectivity index (χ3v) is 11.4. The number of hydrogen-bond donors (Lipinski definition) is 0. The molecule has 0 N–H and O–H groups in total. The number of alkyl halides is 6. The third-order valence-electron chi connectivity index (χ3n) is 9.04. The summed E-state index contributed by atoms with van der Waals surface area (Å²) in [5, 5.41) is 3.71. The van der Waals surface area contributed by atoms with Crippen molar-refractivity contribution in [3.8, 4) is 0 Å². The van der Waals surface area contributed by atoms with Gasteiger partial charge in [0.1, 0.15) is 13.6 Å². The van der Waals surface area contributed by atoms with Crippen LogP contribution in [0.5, 0.6) is 0 Å². The van der Waals surface area contributed by atoms with Crippen LogP contribution in [0.2, 0.25) is 0 Å². The van der Waals surface area contributed by atoms with Crippen LogP contribution in [0.15, 0.2) is 72.8 Å². The number of methoxy groups -OCH3 is 2. The summed E-state index contributed by atoms with van der Waals surface area (Å²) in [6.45, 7) is 2.62. The SMILES string of the molecule is COCO[C@H](C)c1c(C2=C(c3sc4ccc5ccccc5c4c3[C@@H](C)OCOC)C(F)(F)C(F)(F)C2(F)F)sc2ccc3ccccc3c12. The first kappa shape index (κ1) is 34.0. The lowest BCUT2D eigenvalue weighted by Gasteiger charge is -2.26. The normalized spacial score (nSPS) is 18.3. The van der Waals surface area contributed by atoms with Gasteiger partial charge in [0.2, 0.25) is 0 Å². The van der Waals surface area contributed by atoms with Gasteiger partial charge >= 0.3 is 17.8 Å². The van der Waals surface area contributed by atoms with Gasteiger partial charge in [-0.05, 0) is 47.5 Å². The van der Waals surface area contributed by atoms with Gasteiger partial charge in [0.05, 0.1) is 23.4 Å². The van der Waals surface area contributed by atoms with Crippen molar-refractivity contribution in [3.05, 3.63) is 93.7 Å². The summed E-state index contributed by atoms with van der Waals surface area (Å²) in [7, 11) is 2.75. The summed E-state index contributed by atoms with van der Waals surface area (Å²) in [6, 6.07) is 21.2. The molecule has 0 aliphatic heterocycles. The first-order valence-corrected chi connectivity index (χ1v) is 17.0. The van der Waals surface area contributed by atoms with E-state index in [1.807, 2.05) is 12.1 Å². The summed E-state index contributed by atoms with van der Waals surface area (Å²) in [5.74, 6) is -16.3. The molecule has 0 spiro atoms. The second-order valence-electron chi connectivity index (χ2n) is 11.9. The molecular formula is C37H30F6O4S2. The van der Waals surface area contributed by atoms with Gasteiger partial charge in [-0.3, -0.25) is 0 Å². The molecule has 0 unspecified atom stereocenters. The Balaban J connectivity index is 1.65. The maximum Gasteiger partial charge on any atom is 0.380 e. The molecule has 0 saturated heterocycles. The van der Waals surface area contributed by atoms with E-state index in [0.29, 0.717) is 30.9 Å². The largest absolute Gasteiger partial charge is 0.380 e. The first-order chi connectivity index (χ1) is 23.4. The molecule has 6 aromatic rings. The summed E-state index contributed by atoms with van der Waals surface area (Å²) >= 11 is 1.53. The van der Waals surface area contributed by atoms with Crippen LogP contribution in [0.1, 0.15) is 46.9 Å². The number of thiophene rings is 2. The van der Waals surface area contributed by atoms with Crippen molar-refractivity contribution in [2.24, 2.45) is 0 Å². The molecule has 49 heavy (non-hydrogen) atoms. The van der Waals surface area contributed by atoms with Crippen molar-refractivity contribution < 1.29 is 45.3 Å². The highest BCUT2D eigenvalue weighted by atomic mass is 32.1. The van der Waals surface area contributed by atoms with Crippen molar-refractivity contribution >= 4 is 75.5 Å². The highest BCUT2D eigenvalue weighted by molar-refractivity contribution is 7.21. The highest BCUT2D eigenvalue weighted by Crippen LogP contribution is 2.68. The van der Waals surface area contributed by atoms with Crippen molar-refractivity contribution in [3.63, 3.8) is 0 Å². The molecular weight excluding hydrogens is 687 g/mol. The fourth-order valence-corrected chi connectivity index (χ4v) is 9.55. The minimum Gasteiger partial charge on any atom is -0.359 e. The van der Waals surface area contributed by atoms with Gasteiger partial charge in [0.15, 0.2) is 0 Å². The molecule has 4 aromatic carbocycles. The summed E-state index contributed by atoms with van der Waals surface area (Å²) in [6.07, 6.45) is -2.01. The molecule has 256 valence electrons. The van der Waals surface area contributed by atoms with E-state index in [-0.39, 0.29) is 24.7 Å². The number of hydrogen-bond acceptors (Lipinski definition) is 6. The zero-order valence-corrected chi connectivity index (χ0v) is 28.3. The van der Waals surface area contributed by atoms with E-state index < -0.39 is 50.9 Å². The van der Waals surface area contributed by atoms with Crippen LogP contribution < -0.4 is 0 Å². The second-order valence-corrected chi connectivity index (χ2v) is 14.0. The Labute approximate surface area is 285 Å². The fraction of sp³-hybridized carbons (Fsp3) is 0.297. The number of fused-ring (bicyclic) bond motifs is 6. The molecule has 2 atom stereocenters. The zero-order valence-electron chi connectivity index (χ0n) is 26.7. The second kappa shape index (κ2) is 12.4. The van der Waals surface area contributed by atoms with Gasteiger partial charge in [-0.15, -0.1) is 22.7 Å². The predicted octanol–water partition coefficient (Wildman–Crippen LogP) is 11.6. The Morgan fingerprint density at radius 1 is 0.571 bits per heavy atom. The van der Waals surface area contributed by atoms with Gasteiger partial charge in [-0.1, -0.05) is 60.7 Å². The molecule has 7 rings (SSSR count). The smallest absolute Gasteiger partial charge is 0.359 e. The highest BCUT2D eigenvalue weighted by Gasteiger charge is 2.81. The zero-order chi connectivity index (χ0) is 34.9. The lowest BCUT2D eigenvalue weighted by atomic mass is 9.93. The van der Waals surface area contributed by atoms with Crippen LogP contribution in [0.3, 0.4) is 0 Å². The Hall–Kier alpha value is -3.52. The maximum atomic E-state index is 16.5. The van der Waals surface area contributed by atoms with Crippen LogP contribution in [0, 0.1) is 0 Å². The standard InChI is InChI=1S/C37H30F6O4S2/c1-19(46-17-44-3)27-29-23-11-7-5-9-21(23)13-15-25(29)48-33(27)31-32(36(40,41)37(42,43)35(31,38)39)34-28(20(2)47-18-45-4)30-24-12-8-6-10-22(24)14-16-26(30)49-34/h5-16,19-20H,17-18H2,1-4H3/t19-,20-/m1/s1. The summed E-state index contributed by atoms with van der Waals surface area (Å²) in [5.41, 5.74) is -2.64. The molecule has 0 bridgehead atoms. The van der Waals surface area contributed by atoms with Crippen LogP contribution >= 0.6 is 22.7 Å². The Morgan fingerprint density at radius 3 is 1.35 bits per heavy atom. The van der Waals surface area contributed by atoms with E-state index in [1.54, 1.807) is 74.5 Å². The van der Waals surface area contributed by atoms with Crippen molar-refractivity contribution in [1.82, 2.24) is 0 Å². The summed E-state index contributed by atoms with van der Waals surface area (Å²) in [4.78, 5) is -0.795. The Bertz CT molecular complexity index is 2100. The minimum absolute atomic E-state index is 0.103. The predicted molar refractivity (Wildman–Crippen MR) is 183 cm³/mol. The van der Waals surface area contributed by atoms with Gasteiger partial charge in [-0.25, -0.2) is 0 Å². The average molecular weight is 717 g/mol.